The van der Waals surface area contributed by atoms with Crippen molar-refractivity contribution in [3.63, 3.8) is 0 Å². The van der Waals surface area contributed by atoms with Gasteiger partial charge in [0.25, 0.3) is 0 Å². The van der Waals surface area contributed by atoms with Gasteiger partial charge in [0, 0.05) is 19.4 Å². The molecule has 14 heavy (non-hydrogen) atoms. The van der Waals surface area contributed by atoms with Gasteiger partial charge in [0.1, 0.15) is 0 Å². The standard InChI is InChI=1S/C9H11N5/c1-7-8(6-14(2)13-7)11-9-4-3-5-10-12-9/h3-6H,1-2H3,(H,11,12). The second-order valence-corrected chi connectivity index (χ2v) is 3.04. The Morgan fingerprint density at radius 1 is 1.43 bits per heavy atom. The third-order valence-electron chi connectivity index (χ3n) is 1.85. The number of rotatable bonds is 2. The molecule has 0 aliphatic carbocycles. The fourth-order valence-corrected chi connectivity index (χ4v) is 1.23. The minimum atomic E-state index is 0.726. The average Bonchev–Trinajstić information content (AvgIpc) is 2.47. The van der Waals surface area contributed by atoms with Crippen LogP contribution in [-0.2, 0) is 7.05 Å². The van der Waals surface area contributed by atoms with Gasteiger partial charge in [-0.15, -0.1) is 5.10 Å². The molecule has 5 nitrogen and oxygen atoms in total. The molecule has 2 heterocycles. The van der Waals surface area contributed by atoms with Crippen molar-refractivity contribution < 1.29 is 0 Å². The first-order valence-electron chi connectivity index (χ1n) is 4.30. The van der Waals surface area contributed by atoms with Crippen molar-refractivity contribution in [1.29, 1.82) is 0 Å². The van der Waals surface area contributed by atoms with E-state index < -0.39 is 0 Å². The lowest BCUT2D eigenvalue weighted by atomic mass is 10.4. The third-order valence-corrected chi connectivity index (χ3v) is 1.85. The highest BCUT2D eigenvalue weighted by Crippen LogP contribution is 2.15. The van der Waals surface area contributed by atoms with Crippen LogP contribution in [0, 0.1) is 6.92 Å². The molecule has 0 fully saturated rings. The van der Waals surface area contributed by atoms with Crippen molar-refractivity contribution in [3.05, 3.63) is 30.2 Å². The molecule has 0 atom stereocenters. The second kappa shape index (κ2) is 3.45. The summed E-state index contributed by atoms with van der Waals surface area (Å²) in [5.74, 6) is 0.726. The first-order valence-corrected chi connectivity index (χ1v) is 4.30. The van der Waals surface area contributed by atoms with Crippen LogP contribution in [0.25, 0.3) is 0 Å². The molecule has 0 amide bonds. The molecule has 2 aromatic rings. The summed E-state index contributed by atoms with van der Waals surface area (Å²) in [5, 5.41) is 15.1. The quantitative estimate of drug-likeness (QED) is 0.772. The van der Waals surface area contributed by atoms with Crippen LogP contribution in [0.15, 0.2) is 24.5 Å². The van der Waals surface area contributed by atoms with Crippen LogP contribution in [0.3, 0.4) is 0 Å². The summed E-state index contributed by atoms with van der Waals surface area (Å²) < 4.78 is 1.76. The summed E-state index contributed by atoms with van der Waals surface area (Å²) in [6, 6.07) is 3.69. The number of aromatic nitrogens is 4. The van der Waals surface area contributed by atoms with E-state index in [1.165, 1.54) is 0 Å². The average molecular weight is 189 g/mol. The molecule has 0 aliphatic heterocycles. The molecule has 0 bridgehead atoms. The monoisotopic (exact) mass is 189 g/mol. The zero-order valence-electron chi connectivity index (χ0n) is 8.10. The minimum absolute atomic E-state index is 0.726. The molecule has 1 N–H and O–H groups in total. The number of hydrogen-bond acceptors (Lipinski definition) is 4. The van der Waals surface area contributed by atoms with Crippen molar-refractivity contribution in [2.45, 2.75) is 6.92 Å². The molecule has 0 saturated heterocycles. The predicted molar refractivity (Wildman–Crippen MR) is 53.3 cm³/mol. The van der Waals surface area contributed by atoms with Crippen LogP contribution in [0.5, 0.6) is 0 Å². The largest absolute Gasteiger partial charge is 0.336 e. The van der Waals surface area contributed by atoms with Gasteiger partial charge in [0.15, 0.2) is 5.82 Å². The van der Waals surface area contributed by atoms with E-state index in [0.717, 1.165) is 17.2 Å². The normalized spacial score (nSPS) is 10.1. The maximum absolute atomic E-state index is 4.21. The van der Waals surface area contributed by atoms with E-state index in [1.54, 1.807) is 10.9 Å². The van der Waals surface area contributed by atoms with Crippen LogP contribution < -0.4 is 5.32 Å². The van der Waals surface area contributed by atoms with E-state index in [1.807, 2.05) is 32.3 Å². The van der Waals surface area contributed by atoms with Crippen LogP contribution in [0.2, 0.25) is 0 Å². The van der Waals surface area contributed by atoms with E-state index >= 15 is 0 Å². The predicted octanol–water partition coefficient (Wildman–Crippen LogP) is 1.26. The highest BCUT2D eigenvalue weighted by molar-refractivity contribution is 5.56. The van der Waals surface area contributed by atoms with E-state index in [9.17, 15) is 0 Å². The fourth-order valence-electron chi connectivity index (χ4n) is 1.23. The van der Waals surface area contributed by atoms with Crippen molar-refractivity contribution in [2.24, 2.45) is 7.05 Å². The van der Waals surface area contributed by atoms with Crippen molar-refractivity contribution >= 4 is 11.5 Å². The highest BCUT2D eigenvalue weighted by Gasteiger charge is 2.02. The van der Waals surface area contributed by atoms with Crippen LogP contribution >= 0.6 is 0 Å². The first kappa shape index (κ1) is 8.68. The molecule has 0 aliphatic rings. The molecule has 2 rings (SSSR count). The molecule has 0 spiro atoms. The molecule has 5 heteroatoms. The summed E-state index contributed by atoms with van der Waals surface area (Å²) in [4.78, 5) is 0. The lowest BCUT2D eigenvalue weighted by molar-refractivity contribution is 0.756. The highest BCUT2D eigenvalue weighted by atomic mass is 15.3. The molecule has 0 radical (unpaired) electrons. The SMILES string of the molecule is Cc1nn(C)cc1Nc1cccnn1. The molecule has 0 unspecified atom stereocenters. The van der Waals surface area contributed by atoms with Gasteiger partial charge in [-0.2, -0.15) is 10.2 Å². The van der Waals surface area contributed by atoms with Gasteiger partial charge < -0.3 is 5.32 Å². The van der Waals surface area contributed by atoms with E-state index in [2.05, 4.69) is 20.6 Å². The van der Waals surface area contributed by atoms with Crippen molar-refractivity contribution in [3.8, 4) is 0 Å². The second-order valence-electron chi connectivity index (χ2n) is 3.04. The minimum Gasteiger partial charge on any atom is -0.336 e. The van der Waals surface area contributed by atoms with Gasteiger partial charge in [-0.1, -0.05) is 0 Å². The first-order chi connectivity index (χ1) is 6.75. The fraction of sp³-hybridized carbons (Fsp3) is 0.222. The smallest absolute Gasteiger partial charge is 0.153 e. The lowest BCUT2D eigenvalue weighted by Gasteiger charge is -2.00. The summed E-state index contributed by atoms with van der Waals surface area (Å²) >= 11 is 0. The van der Waals surface area contributed by atoms with Gasteiger partial charge in [-0.3, -0.25) is 4.68 Å². The maximum atomic E-state index is 4.21. The number of anilines is 2. The Balaban J connectivity index is 2.23. The Bertz CT molecular complexity index is 420. The molecule has 0 saturated carbocycles. The van der Waals surface area contributed by atoms with E-state index in [4.69, 9.17) is 0 Å². The van der Waals surface area contributed by atoms with Gasteiger partial charge in [0.05, 0.1) is 11.4 Å². The molecule has 72 valence electrons. The van der Waals surface area contributed by atoms with Crippen molar-refractivity contribution in [2.75, 3.05) is 5.32 Å². The van der Waals surface area contributed by atoms with Crippen LogP contribution in [0.4, 0.5) is 11.5 Å². The zero-order valence-corrected chi connectivity index (χ0v) is 8.10. The van der Waals surface area contributed by atoms with Gasteiger partial charge in [-0.05, 0) is 19.1 Å². The summed E-state index contributed by atoms with van der Waals surface area (Å²) in [5.41, 5.74) is 1.89. The molecular weight excluding hydrogens is 178 g/mol. The van der Waals surface area contributed by atoms with E-state index in [-0.39, 0.29) is 0 Å². The van der Waals surface area contributed by atoms with Gasteiger partial charge in [0.2, 0.25) is 0 Å². The maximum Gasteiger partial charge on any atom is 0.153 e. The third kappa shape index (κ3) is 1.71. The molecule has 0 aromatic carbocycles. The summed E-state index contributed by atoms with van der Waals surface area (Å²) in [6.45, 7) is 1.94. The van der Waals surface area contributed by atoms with Crippen molar-refractivity contribution in [1.82, 2.24) is 20.0 Å². The Kier molecular flexibility index (Phi) is 2.14. The Morgan fingerprint density at radius 3 is 2.86 bits per heavy atom. The molecule has 2 aromatic heterocycles. The number of hydrogen-bond donors (Lipinski definition) is 1. The Hall–Kier alpha value is -1.91. The summed E-state index contributed by atoms with van der Waals surface area (Å²) in [6.07, 6.45) is 3.55. The Morgan fingerprint density at radius 2 is 2.29 bits per heavy atom. The topological polar surface area (TPSA) is 55.6 Å². The zero-order chi connectivity index (χ0) is 9.97. The number of nitrogens with one attached hydrogen (secondary N) is 1. The van der Waals surface area contributed by atoms with Crippen LogP contribution in [-0.4, -0.2) is 20.0 Å². The number of aryl methyl sites for hydroxylation is 2. The lowest BCUT2D eigenvalue weighted by Crippen LogP contribution is -1.94. The van der Waals surface area contributed by atoms with Gasteiger partial charge >= 0.3 is 0 Å². The Labute approximate surface area is 81.8 Å². The molecular formula is C9H11N5. The van der Waals surface area contributed by atoms with E-state index in [0.29, 0.717) is 0 Å². The van der Waals surface area contributed by atoms with Crippen LogP contribution in [0.1, 0.15) is 5.69 Å². The van der Waals surface area contributed by atoms with Gasteiger partial charge in [-0.25, -0.2) is 0 Å². The summed E-state index contributed by atoms with van der Waals surface area (Å²) in [7, 11) is 1.88. The number of nitrogens with zero attached hydrogens (tertiary/aromatic N) is 4.